The minimum Gasteiger partial charge on any atom is -0.307 e. The highest BCUT2D eigenvalue weighted by Gasteiger charge is 2.22. The molecular weight excluding hydrogens is 224 g/mol. The van der Waals surface area contributed by atoms with Crippen molar-refractivity contribution in [2.75, 3.05) is 7.05 Å². The molecule has 0 spiro atoms. The zero-order valence-corrected chi connectivity index (χ0v) is 9.49. The fourth-order valence-electron chi connectivity index (χ4n) is 1.85. The van der Waals surface area contributed by atoms with Gasteiger partial charge in [-0.15, -0.1) is 11.3 Å². The van der Waals surface area contributed by atoms with Gasteiger partial charge in [0, 0.05) is 19.7 Å². The molecule has 0 amide bonds. The predicted molar refractivity (Wildman–Crippen MR) is 63.9 cm³/mol. The molecule has 0 fully saturated rings. The molecule has 0 saturated carbocycles. The van der Waals surface area contributed by atoms with E-state index >= 15 is 0 Å². The first-order valence-electron chi connectivity index (χ1n) is 4.98. The van der Waals surface area contributed by atoms with Gasteiger partial charge in [-0.3, -0.25) is 9.80 Å². The molecule has 0 aliphatic carbocycles. The number of fused-ring (bicyclic) bond motifs is 1. The fraction of sp³-hybridized carbons (Fsp3) is 0.300. The second-order valence-corrected chi connectivity index (χ2v) is 4.63. The van der Waals surface area contributed by atoms with E-state index in [2.05, 4.69) is 15.1 Å². The largest absolute Gasteiger partial charge is 0.307 e. The van der Waals surface area contributed by atoms with Crippen molar-refractivity contribution in [2.45, 2.75) is 12.5 Å². The second kappa shape index (κ2) is 3.41. The smallest absolute Gasteiger partial charge is 0.268 e. The molecule has 1 aliphatic rings. The van der Waals surface area contributed by atoms with Gasteiger partial charge in [-0.2, -0.15) is 5.10 Å². The number of nitrogens with one attached hydrogen (secondary N) is 1. The van der Waals surface area contributed by atoms with Gasteiger partial charge >= 0.3 is 0 Å². The molecule has 3 rings (SSSR count). The summed E-state index contributed by atoms with van der Waals surface area (Å²) in [5.41, 5.74) is 0.708. The molecule has 16 heavy (non-hydrogen) atoms. The molecule has 0 bridgehead atoms. The number of hydrogen-bond acceptors (Lipinski definition) is 5. The van der Waals surface area contributed by atoms with Gasteiger partial charge in [0.05, 0.1) is 5.52 Å². The van der Waals surface area contributed by atoms with Crippen LogP contribution in [0.3, 0.4) is 0 Å². The molecule has 1 N–H and O–H groups in total. The molecule has 0 radical (unpaired) electrons. The van der Waals surface area contributed by atoms with Crippen LogP contribution in [-0.2, 0) is 0 Å². The van der Waals surface area contributed by atoms with Crippen molar-refractivity contribution < 1.29 is 0 Å². The molecule has 1 atom stereocenters. The number of hydrazone groups is 1. The Kier molecular flexibility index (Phi) is 2.03. The number of hydrogen-bond donors (Lipinski definition) is 1. The number of aromatic amines is 1. The predicted octanol–water partition coefficient (Wildman–Crippen LogP) is 1.35. The molecule has 2 aromatic rings. The lowest BCUT2D eigenvalue weighted by Gasteiger charge is -2.17. The molecule has 0 aromatic carbocycles. The van der Waals surface area contributed by atoms with E-state index < -0.39 is 0 Å². The lowest BCUT2D eigenvalue weighted by molar-refractivity contribution is 0.279. The van der Waals surface area contributed by atoms with Crippen LogP contribution >= 0.6 is 11.3 Å². The number of rotatable bonds is 1. The van der Waals surface area contributed by atoms with Gasteiger partial charge in [0.25, 0.3) is 5.56 Å². The Hall–Kier alpha value is -1.69. The Labute approximate surface area is 95.4 Å². The van der Waals surface area contributed by atoms with Crippen LogP contribution in [0.4, 0.5) is 0 Å². The van der Waals surface area contributed by atoms with Crippen LogP contribution in [0, 0.1) is 0 Å². The van der Waals surface area contributed by atoms with Crippen molar-refractivity contribution in [2.24, 2.45) is 5.10 Å². The third-order valence-corrected chi connectivity index (χ3v) is 3.59. The maximum atomic E-state index is 11.8. The molecule has 82 valence electrons. The fourth-order valence-corrected chi connectivity index (χ4v) is 2.57. The normalized spacial score (nSPS) is 19.8. The van der Waals surface area contributed by atoms with Crippen molar-refractivity contribution in [3.8, 4) is 0 Å². The Balaban J connectivity index is 2.14. The van der Waals surface area contributed by atoms with E-state index in [0.717, 1.165) is 11.9 Å². The van der Waals surface area contributed by atoms with E-state index in [1.807, 2.05) is 29.7 Å². The average Bonchev–Trinajstić information content (AvgIpc) is 2.85. The van der Waals surface area contributed by atoms with Gasteiger partial charge in [0.1, 0.15) is 16.6 Å². The van der Waals surface area contributed by atoms with E-state index in [1.54, 1.807) is 0 Å². The zero-order valence-electron chi connectivity index (χ0n) is 8.67. The van der Waals surface area contributed by atoms with Crippen molar-refractivity contribution in [3.63, 3.8) is 0 Å². The van der Waals surface area contributed by atoms with Gasteiger partial charge in [-0.1, -0.05) is 0 Å². The summed E-state index contributed by atoms with van der Waals surface area (Å²) in [6, 6.07) is 1.92. The highest BCUT2D eigenvalue weighted by molar-refractivity contribution is 7.17. The quantitative estimate of drug-likeness (QED) is 0.810. The minimum atomic E-state index is -0.0599. The molecule has 1 unspecified atom stereocenters. The maximum absolute atomic E-state index is 11.8. The Morgan fingerprint density at radius 1 is 1.62 bits per heavy atom. The Morgan fingerprint density at radius 3 is 3.25 bits per heavy atom. The first-order valence-corrected chi connectivity index (χ1v) is 5.86. The lowest BCUT2D eigenvalue weighted by atomic mass is 10.2. The average molecular weight is 234 g/mol. The van der Waals surface area contributed by atoms with Crippen LogP contribution in [0.25, 0.3) is 10.2 Å². The first-order chi connectivity index (χ1) is 7.75. The third-order valence-electron chi connectivity index (χ3n) is 2.69. The minimum absolute atomic E-state index is 0.0528. The number of aromatic nitrogens is 2. The maximum Gasteiger partial charge on any atom is 0.268 e. The highest BCUT2D eigenvalue weighted by atomic mass is 32.1. The summed E-state index contributed by atoms with van der Waals surface area (Å²) in [5.74, 6) is 0.691. The van der Waals surface area contributed by atoms with E-state index in [4.69, 9.17) is 0 Å². The first kappa shape index (κ1) is 9.53. The number of nitrogens with zero attached hydrogens (tertiary/aromatic N) is 3. The highest BCUT2D eigenvalue weighted by Crippen LogP contribution is 2.24. The molecule has 0 saturated heterocycles. The summed E-state index contributed by atoms with van der Waals surface area (Å²) in [6.45, 7) is 0. The van der Waals surface area contributed by atoms with Crippen molar-refractivity contribution in [1.82, 2.24) is 15.0 Å². The van der Waals surface area contributed by atoms with Crippen LogP contribution in [0.2, 0.25) is 0 Å². The van der Waals surface area contributed by atoms with Crippen molar-refractivity contribution >= 4 is 27.8 Å². The molecule has 2 aromatic heterocycles. The van der Waals surface area contributed by atoms with Gasteiger partial charge < -0.3 is 4.98 Å². The molecule has 3 heterocycles. The van der Waals surface area contributed by atoms with Crippen molar-refractivity contribution in [3.05, 3.63) is 27.6 Å². The van der Waals surface area contributed by atoms with E-state index in [1.165, 1.54) is 11.3 Å². The Bertz CT molecular complexity index is 615. The molecular formula is C10H10N4OS. The standard InChI is InChI=1S/C10H10N4OS/c1-14-7(2-4-11-14)9-12-6-3-5-16-8(6)10(15)13-9/h3-5,7H,2H2,1H3,(H,12,13,15). The van der Waals surface area contributed by atoms with E-state index in [0.29, 0.717) is 10.5 Å². The number of H-pyrrole nitrogens is 1. The van der Waals surface area contributed by atoms with Crippen molar-refractivity contribution in [1.29, 1.82) is 0 Å². The van der Waals surface area contributed by atoms with Crippen LogP contribution in [0.15, 0.2) is 21.3 Å². The molecule has 5 nitrogen and oxygen atoms in total. The molecule has 6 heteroatoms. The second-order valence-electron chi connectivity index (χ2n) is 3.71. The van der Waals surface area contributed by atoms with Gasteiger partial charge in [-0.25, -0.2) is 4.98 Å². The monoisotopic (exact) mass is 234 g/mol. The zero-order chi connectivity index (χ0) is 11.1. The summed E-state index contributed by atoms with van der Waals surface area (Å²) in [5, 5.41) is 7.84. The van der Waals surface area contributed by atoms with Crippen LogP contribution in [0.1, 0.15) is 18.3 Å². The topological polar surface area (TPSA) is 61.4 Å². The SMILES string of the molecule is CN1N=CCC1c1nc2ccsc2c(=O)[nH]1. The molecule has 1 aliphatic heterocycles. The number of thiophene rings is 1. The summed E-state index contributed by atoms with van der Waals surface area (Å²) in [6.07, 6.45) is 2.62. The summed E-state index contributed by atoms with van der Waals surface area (Å²) < 4.78 is 0.685. The summed E-state index contributed by atoms with van der Waals surface area (Å²) in [4.78, 5) is 19.1. The van der Waals surface area contributed by atoms with E-state index in [9.17, 15) is 4.79 Å². The van der Waals surface area contributed by atoms with Gasteiger partial charge in [0.2, 0.25) is 0 Å². The van der Waals surface area contributed by atoms with Gasteiger partial charge in [0.15, 0.2) is 0 Å². The summed E-state index contributed by atoms with van der Waals surface area (Å²) >= 11 is 1.41. The Morgan fingerprint density at radius 2 is 2.50 bits per heavy atom. The van der Waals surface area contributed by atoms with Crippen LogP contribution in [0.5, 0.6) is 0 Å². The summed E-state index contributed by atoms with van der Waals surface area (Å²) in [7, 11) is 1.88. The lowest BCUT2D eigenvalue weighted by Crippen LogP contribution is -2.20. The van der Waals surface area contributed by atoms with Gasteiger partial charge in [-0.05, 0) is 11.4 Å². The third kappa shape index (κ3) is 1.34. The van der Waals surface area contributed by atoms with Crippen LogP contribution in [-0.4, -0.2) is 28.2 Å². The van der Waals surface area contributed by atoms with Crippen LogP contribution < -0.4 is 5.56 Å². The van der Waals surface area contributed by atoms with E-state index in [-0.39, 0.29) is 11.6 Å².